The van der Waals surface area contributed by atoms with Crippen molar-refractivity contribution in [3.05, 3.63) is 52.8 Å². The van der Waals surface area contributed by atoms with Crippen LogP contribution in [0.1, 0.15) is 15.9 Å². The van der Waals surface area contributed by atoms with E-state index in [1.165, 1.54) is 24.4 Å². The van der Waals surface area contributed by atoms with Crippen molar-refractivity contribution in [2.24, 2.45) is 0 Å². The van der Waals surface area contributed by atoms with E-state index in [-0.39, 0.29) is 22.0 Å². The number of carbonyl (C=O) groups excluding carboxylic acids is 1. The third-order valence-corrected chi connectivity index (χ3v) is 2.87. The topological polar surface area (TPSA) is 75.0 Å². The number of anilines is 1. The average molecular weight is 342 g/mol. The molecule has 0 spiro atoms. The summed E-state index contributed by atoms with van der Waals surface area (Å²) in [5, 5.41) is 11.2. The van der Waals surface area contributed by atoms with Crippen LogP contribution in [0.15, 0.2) is 36.5 Å². The van der Waals surface area contributed by atoms with E-state index in [1.54, 1.807) is 6.07 Å². The van der Waals surface area contributed by atoms with Gasteiger partial charge in [0.25, 0.3) is 5.91 Å². The van der Waals surface area contributed by atoms with Crippen LogP contribution in [-0.2, 0) is 0 Å². The summed E-state index contributed by atoms with van der Waals surface area (Å²) in [6.07, 6.45) is -3.60. The Kier molecular flexibility index (Phi) is 4.71. The second-order valence-electron chi connectivity index (χ2n) is 4.20. The number of aromatic nitrogens is 1. The van der Waals surface area contributed by atoms with Crippen molar-refractivity contribution in [3.63, 3.8) is 0 Å². The molecule has 0 aliphatic carbocycles. The Morgan fingerprint density at radius 2 is 1.96 bits per heavy atom. The summed E-state index contributed by atoms with van der Waals surface area (Å²) in [6.45, 7) is 0. The molecule has 1 heterocycles. The summed E-state index contributed by atoms with van der Waals surface area (Å²) in [4.78, 5) is 15.7. The lowest BCUT2D eigenvalue weighted by Gasteiger charge is -2.10. The minimum Gasteiger partial charge on any atom is -0.406 e. The lowest BCUT2D eigenvalue weighted by molar-refractivity contribution is -0.274. The number of nitriles is 1. The zero-order chi connectivity index (χ0) is 17.0. The number of hydrogen-bond acceptors (Lipinski definition) is 4. The fourth-order valence-electron chi connectivity index (χ4n) is 1.59. The molecule has 2 rings (SSSR count). The zero-order valence-corrected chi connectivity index (χ0v) is 11.9. The number of nitrogens with one attached hydrogen (secondary N) is 1. The molecule has 23 heavy (non-hydrogen) atoms. The molecule has 1 N–H and O–H groups in total. The third-order valence-electron chi connectivity index (χ3n) is 2.57. The van der Waals surface area contributed by atoms with Crippen molar-refractivity contribution in [1.29, 1.82) is 5.26 Å². The van der Waals surface area contributed by atoms with Gasteiger partial charge in [0.2, 0.25) is 0 Å². The van der Waals surface area contributed by atoms with E-state index in [4.69, 9.17) is 16.9 Å². The standard InChI is InChI=1S/C14H7ClF3N3O2/c15-12-8(6-19)5-9(7-20-12)13(22)21-10-1-3-11(4-2-10)23-14(16,17)18/h1-5,7H,(H,21,22). The minimum absolute atomic E-state index is 0.0299. The van der Waals surface area contributed by atoms with Crippen molar-refractivity contribution in [2.45, 2.75) is 6.36 Å². The number of rotatable bonds is 3. The van der Waals surface area contributed by atoms with Crippen LogP contribution in [0.3, 0.4) is 0 Å². The van der Waals surface area contributed by atoms with Gasteiger partial charge in [-0.15, -0.1) is 13.2 Å². The number of benzene rings is 1. The summed E-state index contributed by atoms with van der Waals surface area (Å²) in [5.74, 6) is -0.995. The molecular weight excluding hydrogens is 335 g/mol. The largest absolute Gasteiger partial charge is 0.573 e. The highest BCUT2D eigenvalue weighted by molar-refractivity contribution is 6.30. The van der Waals surface area contributed by atoms with Crippen molar-refractivity contribution in [2.75, 3.05) is 5.32 Å². The number of hydrogen-bond donors (Lipinski definition) is 1. The maximum absolute atomic E-state index is 12.0. The van der Waals surface area contributed by atoms with E-state index < -0.39 is 18.0 Å². The molecule has 1 aromatic carbocycles. The molecule has 0 unspecified atom stereocenters. The summed E-state index contributed by atoms with van der Waals surface area (Å²) >= 11 is 5.66. The van der Waals surface area contributed by atoms with Gasteiger partial charge in [-0.25, -0.2) is 4.98 Å². The lowest BCUT2D eigenvalue weighted by Crippen LogP contribution is -2.17. The van der Waals surface area contributed by atoms with Gasteiger partial charge in [-0.1, -0.05) is 11.6 Å². The second kappa shape index (κ2) is 6.54. The summed E-state index contributed by atoms with van der Waals surface area (Å²) in [6, 6.07) is 7.65. The molecular formula is C14H7ClF3N3O2. The van der Waals surface area contributed by atoms with Gasteiger partial charge in [0.1, 0.15) is 17.0 Å². The Balaban J connectivity index is 2.10. The zero-order valence-electron chi connectivity index (χ0n) is 11.2. The number of halogens is 4. The van der Waals surface area contributed by atoms with Crippen LogP contribution in [-0.4, -0.2) is 17.3 Å². The van der Waals surface area contributed by atoms with E-state index in [0.717, 1.165) is 12.1 Å². The predicted octanol–water partition coefficient (Wildman–Crippen LogP) is 3.76. The van der Waals surface area contributed by atoms with E-state index in [0.29, 0.717) is 0 Å². The molecule has 0 atom stereocenters. The first-order chi connectivity index (χ1) is 10.8. The Hall–Kier alpha value is -2.79. The first kappa shape index (κ1) is 16.6. The summed E-state index contributed by atoms with van der Waals surface area (Å²) in [5.41, 5.74) is 0.368. The molecule has 0 radical (unpaired) electrons. The van der Waals surface area contributed by atoms with Gasteiger partial charge in [0.15, 0.2) is 0 Å². The molecule has 0 saturated heterocycles. The van der Waals surface area contributed by atoms with Crippen LogP contribution >= 0.6 is 11.6 Å². The van der Waals surface area contributed by atoms with Gasteiger partial charge in [-0.05, 0) is 30.3 Å². The molecule has 0 aliphatic rings. The fourth-order valence-corrected chi connectivity index (χ4v) is 1.74. The highest BCUT2D eigenvalue weighted by atomic mass is 35.5. The first-order valence-electron chi connectivity index (χ1n) is 6.01. The van der Waals surface area contributed by atoms with Gasteiger partial charge in [-0.3, -0.25) is 4.79 Å². The monoisotopic (exact) mass is 341 g/mol. The highest BCUT2D eigenvalue weighted by Crippen LogP contribution is 2.24. The van der Waals surface area contributed by atoms with Crippen LogP contribution in [0.2, 0.25) is 5.15 Å². The molecule has 0 fully saturated rings. The van der Waals surface area contributed by atoms with Crippen molar-refractivity contribution < 1.29 is 22.7 Å². The molecule has 0 aliphatic heterocycles. The molecule has 1 aromatic heterocycles. The second-order valence-corrected chi connectivity index (χ2v) is 4.56. The first-order valence-corrected chi connectivity index (χ1v) is 6.39. The Labute approximate surface area is 133 Å². The van der Waals surface area contributed by atoms with Crippen molar-refractivity contribution in [1.82, 2.24) is 4.98 Å². The number of carbonyl (C=O) groups is 1. The van der Waals surface area contributed by atoms with Crippen LogP contribution in [0.25, 0.3) is 0 Å². The SMILES string of the molecule is N#Cc1cc(C(=O)Nc2ccc(OC(F)(F)F)cc2)cnc1Cl. The van der Waals surface area contributed by atoms with Crippen LogP contribution in [0.4, 0.5) is 18.9 Å². The van der Waals surface area contributed by atoms with Crippen molar-refractivity contribution >= 4 is 23.2 Å². The molecule has 0 saturated carbocycles. The van der Waals surface area contributed by atoms with Gasteiger partial charge in [-0.2, -0.15) is 5.26 Å². The lowest BCUT2D eigenvalue weighted by atomic mass is 10.2. The van der Waals surface area contributed by atoms with E-state index in [2.05, 4.69) is 15.0 Å². The van der Waals surface area contributed by atoms with Gasteiger partial charge in [0.05, 0.1) is 11.1 Å². The highest BCUT2D eigenvalue weighted by Gasteiger charge is 2.30. The van der Waals surface area contributed by atoms with Crippen molar-refractivity contribution in [3.8, 4) is 11.8 Å². The molecule has 9 heteroatoms. The van der Waals surface area contributed by atoms with Gasteiger partial charge in [0, 0.05) is 11.9 Å². The van der Waals surface area contributed by atoms with Crippen LogP contribution < -0.4 is 10.1 Å². The third kappa shape index (κ3) is 4.59. The summed E-state index contributed by atoms with van der Waals surface area (Å²) in [7, 11) is 0. The number of alkyl halides is 3. The number of amides is 1. The molecule has 118 valence electrons. The predicted molar refractivity (Wildman–Crippen MR) is 75.0 cm³/mol. The molecule has 5 nitrogen and oxygen atoms in total. The smallest absolute Gasteiger partial charge is 0.406 e. The minimum atomic E-state index is -4.78. The Bertz CT molecular complexity index is 770. The van der Waals surface area contributed by atoms with E-state index in [9.17, 15) is 18.0 Å². The van der Waals surface area contributed by atoms with Crippen LogP contribution in [0, 0.1) is 11.3 Å². The van der Waals surface area contributed by atoms with E-state index in [1.807, 2.05) is 0 Å². The Morgan fingerprint density at radius 1 is 1.30 bits per heavy atom. The molecule has 2 aromatic rings. The molecule has 1 amide bonds. The maximum Gasteiger partial charge on any atom is 0.573 e. The van der Waals surface area contributed by atoms with Gasteiger partial charge < -0.3 is 10.1 Å². The number of ether oxygens (including phenoxy) is 1. The Morgan fingerprint density at radius 3 is 2.52 bits per heavy atom. The van der Waals surface area contributed by atoms with E-state index >= 15 is 0 Å². The summed E-state index contributed by atoms with van der Waals surface area (Å²) < 4.78 is 39.8. The number of nitrogens with zero attached hydrogens (tertiary/aromatic N) is 2. The molecule has 0 bridgehead atoms. The van der Waals surface area contributed by atoms with Crippen LogP contribution in [0.5, 0.6) is 5.75 Å². The average Bonchev–Trinajstić information content (AvgIpc) is 2.48. The normalized spacial score (nSPS) is 10.7. The number of pyridine rings is 1. The quantitative estimate of drug-likeness (QED) is 0.862. The van der Waals surface area contributed by atoms with Gasteiger partial charge >= 0.3 is 6.36 Å². The maximum atomic E-state index is 12.0. The fraction of sp³-hybridized carbons (Fsp3) is 0.0714.